The Kier molecular flexibility index (Phi) is 4.88. The van der Waals surface area contributed by atoms with Gasteiger partial charge < -0.3 is 5.32 Å². The second-order valence-corrected chi connectivity index (χ2v) is 9.20. The van der Waals surface area contributed by atoms with E-state index in [4.69, 9.17) is 4.98 Å². The summed E-state index contributed by atoms with van der Waals surface area (Å²) in [6.45, 7) is 5.74. The highest BCUT2D eigenvalue weighted by molar-refractivity contribution is 7.92. The number of pyridine rings is 1. The van der Waals surface area contributed by atoms with Crippen molar-refractivity contribution in [3.63, 3.8) is 0 Å². The van der Waals surface area contributed by atoms with E-state index in [9.17, 15) is 8.42 Å². The van der Waals surface area contributed by atoms with Gasteiger partial charge in [-0.25, -0.2) is 13.4 Å². The lowest BCUT2D eigenvalue weighted by atomic mass is 10.0. The smallest absolute Gasteiger partial charge is 0.232 e. The molecule has 0 aliphatic heterocycles. The fourth-order valence-corrected chi connectivity index (χ4v) is 4.01. The Morgan fingerprint density at radius 1 is 0.897 bits per heavy atom. The average Bonchev–Trinajstić information content (AvgIpc) is 2.69. The third-order valence-electron chi connectivity index (χ3n) is 4.97. The number of benzene rings is 3. The molecule has 6 heteroatoms. The first-order valence-corrected chi connectivity index (χ1v) is 11.2. The Labute approximate surface area is 170 Å². The van der Waals surface area contributed by atoms with E-state index in [1.54, 1.807) is 19.1 Å². The summed E-state index contributed by atoms with van der Waals surface area (Å²) >= 11 is 0. The quantitative estimate of drug-likeness (QED) is 0.430. The summed E-state index contributed by atoms with van der Waals surface area (Å²) in [6.07, 6.45) is 0. The van der Waals surface area contributed by atoms with Crippen LogP contribution in [-0.4, -0.2) is 19.2 Å². The first-order valence-electron chi connectivity index (χ1n) is 9.53. The van der Waals surface area contributed by atoms with Crippen molar-refractivity contribution in [2.75, 3.05) is 15.8 Å². The molecular formula is C23H23N3O2S. The van der Waals surface area contributed by atoms with Crippen LogP contribution in [0.15, 0.2) is 60.7 Å². The summed E-state index contributed by atoms with van der Waals surface area (Å²) in [5.74, 6) is 0.0424. The van der Waals surface area contributed by atoms with Crippen LogP contribution in [0.2, 0.25) is 0 Å². The molecule has 0 saturated heterocycles. The van der Waals surface area contributed by atoms with E-state index in [1.807, 2.05) is 18.2 Å². The highest BCUT2D eigenvalue weighted by Gasteiger charge is 2.12. The summed E-state index contributed by atoms with van der Waals surface area (Å²) < 4.78 is 26.1. The predicted octanol–water partition coefficient (Wildman–Crippen LogP) is 5.51. The number of nitrogens with one attached hydrogen (secondary N) is 2. The van der Waals surface area contributed by atoms with E-state index in [0.29, 0.717) is 5.69 Å². The Morgan fingerprint density at radius 2 is 1.62 bits per heavy atom. The molecule has 0 saturated carbocycles. The van der Waals surface area contributed by atoms with Gasteiger partial charge in [-0.1, -0.05) is 30.3 Å². The lowest BCUT2D eigenvalue weighted by Gasteiger charge is -2.15. The lowest BCUT2D eigenvalue weighted by molar-refractivity contribution is 0.602. The summed E-state index contributed by atoms with van der Waals surface area (Å²) in [6, 6.07) is 19.7. The van der Waals surface area contributed by atoms with Gasteiger partial charge in [0.05, 0.1) is 22.5 Å². The molecule has 0 fully saturated rings. The molecule has 0 aliphatic carbocycles. The minimum Gasteiger partial charge on any atom is -0.354 e. The third kappa shape index (κ3) is 3.89. The molecule has 29 heavy (non-hydrogen) atoms. The van der Waals surface area contributed by atoms with Crippen LogP contribution in [0.1, 0.15) is 18.1 Å². The number of aromatic nitrogens is 1. The molecule has 1 aromatic heterocycles. The molecule has 0 bridgehead atoms. The van der Waals surface area contributed by atoms with Crippen molar-refractivity contribution < 1.29 is 8.42 Å². The molecule has 0 atom stereocenters. The van der Waals surface area contributed by atoms with Gasteiger partial charge >= 0.3 is 0 Å². The number of aryl methyl sites for hydroxylation is 2. The van der Waals surface area contributed by atoms with Crippen LogP contribution in [0.4, 0.5) is 17.1 Å². The number of sulfonamides is 1. The summed E-state index contributed by atoms with van der Waals surface area (Å²) in [5, 5.41) is 5.62. The number of para-hydroxylation sites is 1. The molecule has 148 valence electrons. The van der Waals surface area contributed by atoms with E-state index in [2.05, 4.69) is 54.2 Å². The van der Waals surface area contributed by atoms with Gasteiger partial charge in [-0.15, -0.1) is 0 Å². The van der Waals surface area contributed by atoms with Crippen molar-refractivity contribution in [3.05, 3.63) is 71.8 Å². The van der Waals surface area contributed by atoms with Crippen molar-refractivity contribution in [1.82, 2.24) is 4.98 Å². The fraction of sp³-hybridized carbons (Fsp3) is 0.174. The van der Waals surface area contributed by atoms with Crippen LogP contribution in [0.3, 0.4) is 0 Å². The van der Waals surface area contributed by atoms with Gasteiger partial charge in [0.25, 0.3) is 0 Å². The van der Waals surface area contributed by atoms with Crippen molar-refractivity contribution in [1.29, 1.82) is 0 Å². The maximum atomic E-state index is 11.8. The van der Waals surface area contributed by atoms with E-state index >= 15 is 0 Å². The standard InChI is InChI=1S/C23H23N3O2S/c1-4-29(27,28)26-18-11-9-17(10-12-18)24-23-19-13-8-15(2)14-21(19)25-22-16(3)6-5-7-20(22)23/h5-14,26H,4H2,1-3H3,(H,24,25). The number of anilines is 3. The molecular weight excluding hydrogens is 382 g/mol. The van der Waals surface area contributed by atoms with Crippen LogP contribution >= 0.6 is 0 Å². The largest absolute Gasteiger partial charge is 0.354 e. The van der Waals surface area contributed by atoms with Crippen LogP contribution in [0.25, 0.3) is 21.8 Å². The topological polar surface area (TPSA) is 71.1 Å². The molecule has 5 nitrogen and oxygen atoms in total. The molecule has 4 rings (SSSR count). The molecule has 0 aliphatic rings. The predicted molar refractivity (Wildman–Crippen MR) is 122 cm³/mol. The molecule has 0 unspecified atom stereocenters. The maximum absolute atomic E-state index is 11.8. The minimum atomic E-state index is -3.29. The molecule has 0 amide bonds. The number of hydrogen-bond acceptors (Lipinski definition) is 4. The van der Waals surface area contributed by atoms with Crippen LogP contribution < -0.4 is 10.0 Å². The zero-order valence-corrected chi connectivity index (χ0v) is 17.5. The first kappa shape index (κ1) is 19.2. The minimum absolute atomic E-state index is 0.0424. The summed E-state index contributed by atoms with van der Waals surface area (Å²) in [5.41, 5.74) is 6.63. The van der Waals surface area contributed by atoms with Gasteiger partial charge in [0, 0.05) is 22.1 Å². The van der Waals surface area contributed by atoms with Gasteiger partial charge in [0.1, 0.15) is 0 Å². The second-order valence-electron chi connectivity index (χ2n) is 7.19. The molecule has 3 aromatic carbocycles. The maximum Gasteiger partial charge on any atom is 0.232 e. The van der Waals surface area contributed by atoms with Gasteiger partial charge in [0.15, 0.2) is 0 Å². The highest BCUT2D eigenvalue weighted by atomic mass is 32.2. The monoisotopic (exact) mass is 405 g/mol. The Morgan fingerprint density at radius 3 is 2.34 bits per heavy atom. The Bertz CT molecular complexity index is 1310. The highest BCUT2D eigenvalue weighted by Crippen LogP contribution is 2.34. The molecule has 1 heterocycles. The van der Waals surface area contributed by atoms with Crippen LogP contribution in [-0.2, 0) is 10.0 Å². The third-order valence-corrected chi connectivity index (χ3v) is 6.28. The average molecular weight is 406 g/mol. The normalized spacial score (nSPS) is 11.7. The van der Waals surface area contributed by atoms with E-state index in [0.717, 1.165) is 44.3 Å². The van der Waals surface area contributed by atoms with Crippen LogP contribution in [0.5, 0.6) is 0 Å². The Hall–Kier alpha value is -3.12. The number of rotatable bonds is 5. The second kappa shape index (κ2) is 7.37. The Balaban J connectivity index is 1.79. The SMILES string of the molecule is CCS(=O)(=O)Nc1ccc(Nc2c3ccc(C)cc3nc3c(C)cccc23)cc1. The zero-order chi connectivity index (χ0) is 20.6. The van der Waals surface area contributed by atoms with Gasteiger partial charge in [-0.2, -0.15) is 0 Å². The van der Waals surface area contributed by atoms with E-state index < -0.39 is 10.0 Å². The zero-order valence-electron chi connectivity index (χ0n) is 16.7. The molecule has 2 N–H and O–H groups in total. The number of hydrogen-bond donors (Lipinski definition) is 2. The van der Waals surface area contributed by atoms with Crippen molar-refractivity contribution >= 4 is 48.9 Å². The molecule has 0 spiro atoms. The lowest BCUT2D eigenvalue weighted by Crippen LogP contribution is -2.14. The number of fused-ring (bicyclic) bond motifs is 2. The van der Waals surface area contributed by atoms with Crippen molar-refractivity contribution in [3.8, 4) is 0 Å². The fourth-order valence-electron chi connectivity index (χ4n) is 3.37. The van der Waals surface area contributed by atoms with Gasteiger partial charge in [-0.05, 0) is 62.2 Å². The summed E-state index contributed by atoms with van der Waals surface area (Å²) in [4.78, 5) is 4.89. The molecule has 0 radical (unpaired) electrons. The van der Waals surface area contributed by atoms with Gasteiger partial charge in [-0.3, -0.25) is 4.72 Å². The van der Waals surface area contributed by atoms with E-state index in [1.165, 1.54) is 0 Å². The first-order chi connectivity index (χ1) is 13.9. The summed E-state index contributed by atoms with van der Waals surface area (Å²) in [7, 11) is -3.29. The van der Waals surface area contributed by atoms with Crippen molar-refractivity contribution in [2.45, 2.75) is 20.8 Å². The van der Waals surface area contributed by atoms with Crippen molar-refractivity contribution in [2.24, 2.45) is 0 Å². The molecule has 4 aromatic rings. The van der Waals surface area contributed by atoms with E-state index in [-0.39, 0.29) is 5.75 Å². The number of nitrogens with zero attached hydrogens (tertiary/aromatic N) is 1. The van der Waals surface area contributed by atoms with Crippen LogP contribution in [0, 0.1) is 13.8 Å². The van der Waals surface area contributed by atoms with Gasteiger partial charge in [0.2, 0.25) is 10.0 Å².